The molecule has 1 amide bonds. The number of amides is 1. The molecule has 1 heterocycles. The number of carbonyl (C=O) groups excluding carboxylic acids is 1. The average Bonchev–Trinajstić information content (AvgIpc) is 2.85. The molecule has 4 aromatic rings. The molecule has 6 heteroatoms. The first-order valence-electron chi connectivity index (χ1n) is 12.0. The number of nitrogens with zero attached hydrogens (tertiary/aromatic N) is 2. The monoisotopic (exact) mass is 484 g/mol. The van der Waals surface area contributed by atoms with Gasteiger partial charge in [0.2, 0.25) is 0 Å². The Morgan fingerprint density at radius 3 is 2.47 bits per heavy atom. The number of aromatic nitrogens is 1. The van der Waals surface area contributed by atoms with Crippen LogP contribution in [0, 0.1) is 12.7 Å². The molecule has 1 N–H and O–H groups in total. The van der Waals surface area contributed by atoms with E-state index in [4.69, 9.17) is 10.1 Å². The lowest BCUT2D eigenvalue weighted by Gasteiger charge is -2.18. The first kappa shape index (κ1) is 25.0. The number of carboxylic acids is 1. The highest BCUT2D eigenvalue weighted by molar-refractivity contribution is 5.98. The summed E-state index contributed by atoms with van der Waals surface area (Å²) >= 11 is 0. The summed E-state index contributed by atoms with van der Waals surface area (Å²) in [6, 6.07) is 21.8. The molecule has 0 bridgehead atoms. The van der Waals surface area contributed by atoms with E-state index in [1.807, 2.05) is 43.3 Å². The molecule has 0 saturated carbocycles. The molecule has 0 radical (unpaired) electrons. The highest BCUT2D eigenvalue weighted by Gasteiger charge is 2.15. The van der Waals surface area contributed by atoms with Crippen molar-refractivity contribution in [1.29, 1.82) is 0 Å². The number of rotatable bonds is 9. The first-order chi connectivity index (χ1) is 17.3. The second-order valence-corrected chi connectivity index (χ2v) is 9.16. The number of unbranched alkanes of at least 4 members (excludes halogenated alkanes) is 1. The van der Waals surface area contributed by atoms with Gasteiger partial charge in [-0.15, -0.1) is 0 Å². The van der Waals surface area contributed by atoms with Crippen LogP contribution in [0.15, 0.2) is 72.8 Å². The van der Waals surface area contributed by atoms with Crippen LogP contribution in [0.2, 0.25) is 0 Å². The maximum absolute atomic E-state index is 13.5. The molecule has 0 aliphatic rings. The van der Waals surface area contributed by atoms with E-state index in [2.05, 4.69) is 6.07 Å². The maximum Gasteiger partial charge on any atom is 0.303 e. The molecule has 184 valence electrons. The molecule has 0 aliphatic heterocycles. The van der Waals surface area contributed by atoms with Gasteiger partial charge in [0, 0.05) is 36.5 Å². The minimum absolute atomic E-state index is 0.0796. The van der Waals surface area contributed by atoms with Crippen LogP contribution in [0.3, 0.4) is 0 Å². The summed E-state index contributed by atoms with van der Waals surface area (Å²) in [4.78, 5) is 30.6. The van der Waals surface area contributed by atoms with Gasteiger partial charge in [-0.3, -0.25) is 9.59 Å². The summed E-state index contributed by atoms with van der Waals surface area (Å²) in [7, 11) is 1.79. The van der Waals surface area contributed by atoms with Crippen molar-refractivity contribution < 1.29 is 19.1 Å². The predicted molar refractivity (Wildman–Crippen MR) is 139 cm³/mol. The standard InChI is InChI=1S/C30H29FN2O3/c1-20-6-5-7-21(16-20)19-33(2)30(36)24-12-15-27-25(18-24)17-23(8-3-4-9-28(34)35)29(32-27)22-10-13-26(31)14-11-22/h5-7,10-18H,3-4,8-9,19H2,1-2H3,(H,34,35). The number of carbonyl (C=O) groups is 2. The Hall–Kier alpha value is -4.06. The van der Waals surface area contributed by atoms with Crippen molar-refractivity contribution in [2.24, 2.45) is 0 Å². The van der Waals surface area contributed by atoms with Crippen molar-refractivity contribution in [2.45, 2.75) is 39.2 Å². The van der Waals surface area contributed by atoms with Gasteiger partial charge in [0.1, 0.15) is 5.82 Å². The topological polar surface area (TPSA) is 70.5 Å². The van der Waals surface area contributed by atoms with E-state index < -0.39 is 5.97 Å². The number of pyridine rings is 1. The van der Waals surface area contributed by atoms with E-state index in [0.29, 0.717) is 31.4 Å². The van der Waals surface area contributed by atoms with Gasteiger partial charge in [-0.05, 0) is 85.8 Å². The summed E-state index contributed by atoms with van der Waals surface area (Å²) in [5.74, 6) is -1.21. The normalized spacial score (nSPS) is 11.0. The quantitative estimate of drug-likeness (QED) is 0.278. The van der Waals surface area contributed by atoms with Gasteiger partial charge in [-0.1, -0.05) is 29.8 Å². The fourth-order valence-electron chi connectivity index (χ4n) is 4.37. The predicted octanol–water partition coefficient (Wildman–Crippen LogP) is 6.42. The third-order valence-electron chi connectivity index (χ3n) is 6.19. The number of carboxylic acid groups (broad SMARTS) is 1. The number of fused-ring (bicyclic) bond motifs is 1. The third-order valence-corrected chi connectivity index (χ3v) is 6.19. The van der Waals surface area contributed by atoms with Gasteiger partial charge in [-0.25, -0.2) is 9.37 Å². The van der Waals surface area contributed by atoms with Crippen LogP contribution in [0.5, 0.6) is 0 Å². The molecule has 0 saturated heterocycles. The molecule has 4 rings (SSSR count). The first-order valence-corrected chi connectivity index (χ1v) is 12.0. The van der Waals surface area contributed by atoms with Crippen molar-refractivity contribution in [3.05, 3.63) is 101 Å². The van der Waals surface area contributed by atoms with Crippen LogP contribution < -0.4 is 0 Å². The molecule has 5 nitrogen and oxygen atoms in total. The molecule has 3 aromatic carbocycles. The fraction of sp³-hybridized carbons (Fsp3) is 0.233. The zero-order valence-corrected chi connectivity index (χ0v) is 20.5. The van der Waals surface area contributed by atoms with Crippen molar-refractivity contribution in [3.8, 4) is 11.3 Å². The van der Waals surface area contributed by atoms with E-state index in [1.54, 1.807) is 30.1 Å². The molecule has 0 atom stereocenters. The molecule has 0 aliphatic carbocycles. The van der Waals surface area contributed by atoms with Gasteiger partial charge in [-0.2, -0.15) is 0 Å². The highest BCUT2D eigenvalue weighted by atomic mass is 19.1. The largest absolute Gasteiger partial charge is 0.481 e. The van der Waals surface area contributed by atoms with Crippen molar-refractivity contribution in [3.63, 3.8) is 0 Å². The second kappa shape index (κ2) is 11.1. The minimum atomic E-state index is -0.816. The van der Waals surface area contributed by atoms with Crippen LogP contribution >= 0.6 is 0 Å². The molecule has 1 aromatic heterocycles. The van der Waals surface area contributed by atoms with Gasteiger partial charge in [0.05, 0.1) is 11.2 Å². The lowest BCUT2D eigenvalue weighted by Crippen LogP contribution is -2.26. The van der Waals surface area contributed by atoms with Gasteiger partial charge >= 0.3 is 5.97 Å². The van der Waals surface area contributed by atoms with Crippen LogP contribution in [0.4, 0.5) is 4.39 Å². The minimum Gasteiger partial charge on any atom is -0.481 e. The second-order valence-electron chi connectivity index (χ2n) is 9.16. The van der Waals surface area contributed by atoms with Crippen LogP contribution in [0.25, 0.3) is 22.2 Å². The Kier molecular flexibility index (Phi) is 7.74. The Morgan fingerprint density at radius 2 is 1.75 bits per heavy atom. The van der Waals surface area contributed by atoms with Gasteiger partial charge in [0.25, 0.3) is 5.91 Å². The lowest BCUT2D eigenvalue weighted by molar-refractivity contribution is -0.137. The summed E-state index contributed by atoms with van der Waals surface area (Å²) in [5.41, 5.74) is 6.02. The maximum atomic E-state index is 13.5. The summed E-state index contributed by atoms with van der Waals surface area (Å²) in [5, 5.41) is 9.80. The van der Waals surface area contributed by atoms with Crippen molar-refractivity contribution in [1.82, 2.24) is 9.88 Å². The van der Waals surface area contributed by atoms with E-state index in [1.165, 1.54) is 12.1 Å². The molecule has 0 spiro atoms. The summed E-state index contributed by atoms with van der Waals surface area (Å²) in [6.07, 6.45) is 1.98. The Balaban J connectivity index is 1.64. The van der Waals surface area contributed by atoms with E-state index >= 15 is 0 Å². The number of aryl methyl sites for hydroxylation is 2. The Bertz CT molecular complexity index is 1400. The third kappa shape index (κ3) is 6.13. The smallest absolute Gasteiger partial charge is 0.303 e. The van der Waals surface area contributed by atoms with Crippen LogP contribution in [-0.2, 0) is 17.8 Å². The van der Waals surface area contributed by atoms with Crippen molar-refractivity contribution >= 4 is 22.8 Å². The zero-order valence-electron chi connectivity index (χ0n) is 20.5. The zero-order chi connectivity index (χ0) is 25.7. The van der Waals surface area contributed by atoms with E-state index in [0.717, 1.165) is 38.9 Å². The van der Waals surface area contributed by atoms with E-state index in [9.17, 15) is 14.0 Å². The molecule has 36 heavy (non-hydrogen) atoms. The van der Waals surface area contributed by atoms with Crippen LogP contribution in [-0.4, -0.2) is 33.9 Å². The van der Waals surface area contributed by atoms with E-state index in [-0.39, 0.29) is 18.1 Å². The van der Waals surface area contributed by atoms with Gasteiger partial charge in [0.15, 0.2) is 0 Å². The molecular weight excluding hydrogens is 455 g/mol. The van der Waals surface area contributed by atoms with Gasteiger partial charge < -0.3 is 10.0 Å². The fourth-order valence-corrected chi connectivity index (χ4v) is 4.37. The number of hydrogen-bond acceptors (Lipinski definition) is 3. The lowest BCUT2D eigenvalue weighted by atomic mass is 9.98. The highest BCUT2D eigenvalue weighted by Crippen LogP contribution is 2.28. The molecule has 0 fully saturated rings. The summed E-state index contributed by atoms with van der Waals surface area (Å²) in [6.45, 7) is 2.54. The van der Waals surface area contributed by atoms with Crippen LogP contribution in [0.1, 0.15) is 46.3 Å². The molecular formula is C30H29FN2O3. The Labute approximate surface area is 210 Å². The Morgan fingerprint density at radius 1 is 0.972 bits per heavy atom. The summed E-state index contributed by atoms with van der Waals surface area (Å²) < 4.78 is 13.5. The number of benzene rings is 3. The number of hydrogen-bond donors (Lipinski definition) is 1. The molecule has 0 unspecified atom stereocenters. The number of halogens is 1. The SMILES string of the molecule is Cc1cccc(CN(C)C(=O)c2ccc3nc(-c4ccc(F)cc4)c(CCCCC(=O)O)cc3c2)c1. The number of aliphatic carboxylic acids is 1. The van der Waals surface area contributed by atoms with Crippen molar-refractivity contribution in [2.75, 3.05) is 7.05 Å². The average molecular weight is 485 g/mol.